The molecule has 0 bridgehead atoms. The molecule has 29 heavy (non-hydrogen) atoms. The highest BCUT2D eigenvalue weighted by molar-refractivity contribution is 7.90. The van der Waals surface area contributed by atoms with Crippen LogP contribution in [0.25, 0.3) is 0 Å². The van der Waals surface area contributed by atoms with E-state index in [1.807, 2.05) is 19.9 Å². The Labute approximate surface area is 171 Å². The van der Waals surface area contributed by atoms with Gasteiger partial charge in [-0.3, -0.25) is 9.59 Å². The van der Waals surface area contributed by atoms with E-state index >= 15 is 0 Å². The number of benzene rings is 2. The highest BCUT2D eigenvalue weighted by Gasteiger charge is 2.43. The molecule has 0 radical (unpaired) electrons. The molecule has 0 fully saturated rings. The lowest BCUT2D eigenvalue weighted by atomic mass is 9.94. The summed E-state index contributed by atoms with van der Waals surface area (Å²) in [7, 11) is -3.94. The van der Waals surface area contributed by atoms with Gasteiger partial charge in [0.2, 0.25) is 0 Å². The third kappa shape index (κ3) is 2.95. The van der Waals surface area contributed by atoms with Crippen molar-refractivity contribution in [3.63, 3.8) is 0 Å². The number of amides is 2. The number of rotatable bonds is 2. The molecule has 2 heterocycles. The molecule has 2 aliphatic rings. The first-order valence-electron chi connectivity index (χ1n) is 9.77. The molecule has 2 aliphatic heterocycles. The van der Waals surface area contributed by atoms with Gasteiger partial charge < -0.3 is 4.90 Å². The van der Waals surface area contributed by atoms with Crippen molar-refractivity contribution in [3.05, 3.63) is 58.1 Å². The van der Waals surface area contributed by atoms with Crippen LogP contribution in [0.1, 0.15) is 57.7 Å². The second-order valence-electron chi connectivity index (χ2n) is 8.05. The van der Waals surface area contributed by atoms with Crippen molar-refractivity contribution < 1.29 is 18.0 Å². The highest BCUT2D eigenvalue weighted by Crippen LogP contribution is 2.35. The Balaban J connectivity index is 1.78. The Kier molecular flexibility index (Phi) is 4.53. The maximum atomic E-state index is 13.3. The number of carbonyl (C=O) groups excluding carboxylic acids is 2. The van der Waals surface area contributed by atoms with E-state index in [0.29, 0.717) is 6.54 Å². The monoisotopic (exact) mass is 412 g/mol. The van der Waals surface area contributed by atoms with E-state index < -0.39 is 22.0 Å². The zero-order valence-electron chi connectivity index (χ0n) is 17.0. The topological polar surface area (TPSA) is 74.8 Å². The minimum atomic E-state index is -3.94. The summed E-state index contributed by atoms with van der Waals surface area (Å²) in [6.07, 6.45) is 1.77. The summed E-state index contributed by atoms with van der Waals surface area (Å²) in [5.41, 5.74) is 4.69. The molecule has 0 spiro atoms. The van der Waals surface area contributed by atoms with Gasteiger partial charge in [-0.2, -0.15) is 0 Å². The van der Waals surface area contributed by atoms with Crippen molar-refractivity contribution in [3.8, 4) is 0 Å². The summed E-state index contributed by atoms with van der Waals surface area (Å²) >= 11 is 0. The molecule has 2 amide bonds. The predicted molar refractivity (Wildman–Crippen MR) is 111 cm³/mol. The summed E-state index contributed by atoms with van der Waals surface area (Å²) in [4.78, 5) is 27.5. The molecule has 6 nitrogen and oxygen atoms in total. The van der Waals surface area contributed by atoms with Gasteiger partial charge in [0.25, 0.3) is 21.8 Å². The summed E-state index contributed by atoms with van der Waals surface area (Å²) in [6, 6.07) is 7.99. The van der Waals surface area contributed by atoms with E-state index in [4.69, 9.17) is 0 Å². The van der Waals surface area contributed by atoms with Crippen LogP contribution < -0.4 is 4.90 Å². The zero-order valence-corrected chi connectivity index (χ0v) is 17.8. The van der Waals surface area contributed by atoms with E-state index in [1.165, 1.54) is 12.1 Å². The number of carbonyl (C=O) groups is 2. The van der Waals surface area contributed by atoms with Crippen LogP contribution in [0.4, 0.5) is 5.69 Å². The minimum absolute atomic E-state index is 0.0836. The maximum absolute atomic E-state index is 13.3. The predicted octanol–water partition coefficient (Wildman–Crippen LogP) is 3.45. The van der Waals surface area contributed by atoms with Gasteiger partial charge in [-0.05, 0) is 81.5 Å². The Morgan fingerprint density at radius 1 is 1.10 bits per heavy atom. The first kappa shape index (κ1) is 19.6. The molecular formula is C22H24N2O4S. The maximum Gasteiger partial charge on any atom is 0.269 e. The number of fused-ring (bicyclic) bond motifs is 2. The quantitative estimate of drug-likeness (QED) is 0.757. The van der Waals surface area contributed by atoms with Gasteiger partial charge in [0.05, 0.1) is 5.56 Å². The van der Waals surface area contributed by atoms with Crippen molar-refractivity contribution in [2.24, 2.45) is 0 Å². The van der Waals surface area contributed by atoms with Gasteiger partial charge >= 0.3 is 0 Å². The molecule has 152 valence electrons. The van der Waals surface area contributed by atoms with Gasteiger partial charge in [-0.25, -0.2) is 12.7 Å². The average molecular weight is 413 g/mol. The van der Waals surface area contributed by atoms with Gasteiger partial charge in [0, 0.05) is 23.8 Å². The van der Waals surface area contributed by atoms with Crippen LogP contribution in [-0.2, 0) is 16.4 Å². The van der Waals surface area contributed by atoms with E-state index in [2.05, 4.69) is 6.07 Å². The second kappa shape index (κ2) is 6.69. The summed E-state index contributed by atoms with van der Waals surface area (Å²) in [6.45, 7) is 7.94. The molecule has 2 aromatic rings. The van der Waals surface area contributed by atoms with Crippen LogP contribution in [0.15, 0.2) is 35.2 Å². The lowest BCUT2D eigenvalue weighted by molar-refractivity contribution is 0.0845. The van der Waals surface area contributed by atoms with Crippen molar-refractivity contribution >= 4 is 27.5 Å². The van der Waals surface area contributed by atoms with Gasteiger partial charge in [0.1, 0.15) is 4.90 Å². The van der Waals surface area contributed by atoms with Crippen molar-refractivity contribution in [2.45, 2.75) is 51.5 Å². The van der Waals surface area contributed by atoms with Crippen LogP contribution in [0.2, 0.25) is 0 Å². The van der Waals surface area contributed by atoms with Crippen LogP contribution >= 0.6 is 0 Å². The van der Waals surface area contributed by atoms with E-state index in [1.54, 1.807) is 24.8 Å². The highest BCUT2D eigenvalue weighted by atomic mass is 32.2. The third-order valence-corrected chi connectivity index (χ3v) is 7.60. The summed E-state index contributed by atoms with van der Waals surface area (Å²) < 4.78 is 26.6. The SMILES string of the molecule is Cc1cc(C)c2c(c1)N(C(=O)c1ccc3c(c1)S(=O)(=O)N(C(C)C)C3=O)CCC2. The summed E-state index contributed by atoms with van der Waals surface area (Å²) in [5.74, 6) is -0.784. The molecule has 0 unspecified atom stereocenters. The Hall–Kier alpha value is -2.67. The summed E-state index contributed by atoms with van der Waals surface area (Å²) in [5, 5.41) is 0. The van der Waals surface area contributed by atoms with E-state index in [0.717, 1.165) is 39.5 Å². The van der Waals surface area contributed by atoms with E-state index in [-0.39, 0.29) is 21.9 Å². The lowest BCUT2D eigenvalue weighted by Crippen LogP contribution is -2.36. The fraction of sp³-hybridized carbons (Fsp3) is 0.364. The fourth-order valence-corrected chi connectivity index (χ4v) is 6.13. The van der Waals surface area contributed by atoms with Crippen molar-refractivity contribution in [1.82, 2.24) is 4.31 Å². The number of hydrogen-bond acceptors (Lipinski definition) is 4. The van der Waals surface area contributed by atoms with E-state index in [9.17, 15) is 18.0 Å². The number of anilines is 1. The number of nitrogens with zero attached hydrogens (tertiary/aromatic N) is 2. The van der Waals surface area contributed by atoms with Crippen molar-refractivity contribution in [1.29, 1.82) is 0 Å². The molecule has 4 rings (SSSR count). The fourth-order valence-electron chi connectivity index (χ4n) is 4.33. The first-order chi connectivity index (χ1) is 13.6. The number of sulfonamides is 1. The lowest BCUT2D eigenvalue weighted by Gasteiger charge is -2.31. The van der Waals surface area contributed by atoms with Crippen LogP contribution in [0.3, 0.4) is 0 Å². The average Bonchev–Trinajstić information content (AvgIpc) is 2.86. The number of aryl methyl sites for hydroxylation is 2. The molecule has 2 aromatic carbocycles. The Bertz CT molecular complexity index is 1150. The Morgan fingerprint density at radius 3 is 2.52 bits per heavy atom. The minimum Gasteiger partial charge on any atom is -0.308 e. The largest absolute Gasteiger partial charge is 0.308 e. The van der Waals surface area contributed by atoms with Gasteiger partial charge in [-0.15, -0.1) is 0 Å². The molecule has 0 aromatic heterocycles. The smallest absolute Gasteiger partial charge is 0.269 e. The molecule has 0 aliphatic carbocycles. The molecule has 0 N–H and O–H groups in total. The van der Waals surface area contributed by atoms with Crippen LogP contribution in [-0.4, -0.2) is 37.1 Å². The normalized spacial score (nSPS) is 17.5. The molecule has 0 saturated carbocycles. The van der Waals surface area contributed by atoms with Gasteiger partial charge in [-0.1, -0.05) is 6.07 Å². The molecule has 0 atom stereocenters. The van der Waals surface area contributed by atoms with Crippen molar-refractivity contribution in [2.75, 3.05) is 11.4 Å². The molecule has 0 saturated heterocycles. The number of hydrogen-bond donors (Lipinski definition) is 0. The Morgan fingerprint density at radius 2 is 1.83 bits per heavy atom. The zero-order chi connectivity index (χ0) is 21.1. The van der Waals surface area contributed by atoms with Crippen LogP contribution in [0, 0.1) is 13.8 Å². The molecule has 7 heteroatoms. The molecular weight excluding hydrogens is 388 g/mol. The third-order valence-electron chi connectivity index (χ3n) is 5.60. The second-order valence-corrected chi connectivity index (χ2v) is 9.83. The van der Waals surface area contributed by atoms with Crippen LogP contribution in [0.5, 0.6) is 0 Å². The first-order valence-corrected chi connectivity index (χ1v) is 11.2. The van der Waals surface area contributed by atoms with Gasteiger partial charge in [0.15, 0.2) is 0 Å². The standard InChI is InChI=1S/C22H24N2O4S/c1-13(2)24-22(26)18-8-7-16(12-20(18)29(24,27)28)21(25)23-9-5-6-17-15(4)10-14(3)11-19(17)23/h7-8,10-13H,5-6,9H2,1-4H3.